The predicted octanol–water partition coefficient (Wildman–Crippen LogP) is 11.4. The molecule has 0 unspecified atom stereocenters. The Labute approximate surface area is 318 Å². The van der Waals surface area contributed by atoms with Gasteiger partial charge in [-0.05, 0) is 69.6 Å². The second-order valence-electron chi connectivity index (χ2n) is 14.0. The minimum Gasteiger partial charge on any atom is -0.501 e. The van der Waals surface area contributed by atoms with Crippen LogP contribution in [0.2, 0.25) is 19.6 Å². The predicted molar refractivity (Wildman–Crippen MR) is 206 cm³/mol. The van der Waals surface area contributed by atoms with Crippen LogP contribution in [-0.4, -0.2) is 18.0 Å². The van der Waals surface area contributed by atoms with E-state index in [2.05, 4.69) is 47.8 Å². The van der Waals surface area contributed by atoms with Crippen LogP contribution in [0.25, 0.3) is 55.6 Å². The molecule has 0 spiro atoms. The molecule has 0 bridgehead atoms. The Hall–Kier alpha value is -4.15. The van der Waals surface area contributed by atoms with Crippen LogP contribution in [0, 0.1) is 32.7 Å². The van der Waals surface area contributed by atoms with Gasteiger partial charge in [-0.2, -0.15) is 0 Å². The van der Waals surface area contributed by atoms with Gasteiger partial charge in [-0.3, -0.25) is 0 Å². The van der Waals surface area contributed by atoms with Crippen molar-refractivity contribution in [3.63, 3.8) is 0 Å². The Morgan fingerprint density at radius 3 is 2.20 bits per heavy atom. The van der Waals surface area contributed by atoms with Crippen molar-refractivity contribution in [2.24, 2.45) is 0 Å². The number of hydrogen-bond donors (Lipinski definition) is 0. The van der Waals surface area contributed by atoms with Gasteiger partial charge in [-0.25, -0.2) is 0 Å². The molecule has 5 heteroatoms. The number of para-hydroxylation sites is 1. The molecule has 0 aliphatic heterocycles. The number of aryl methyl sites for hydroxylation is 3. The summed E-state index contributed by atoms with van der Waals surface area (Å²) in [6.07, 6.45) is 3.24. The Kier molecular flexibility index (Phi) is 7.56. The monoisotopic (exact) mass is 846 g/mol. The summed E-state index contributed by atoms with van der Waals surface area (Å²) in [5.74, 6) is 0. The van der Waals surface area contributed by atoms with Crippen molar-refractivity contribution in [3.8, 4) is 33.6 Å². The maximum Gasteiger partial charge on any atom is 0.120 e. The van der Waals surface area contributed by atoms with Crippen LogP contribution in [0.4, 0.5) is 0 Å². The van der Waals surface area contributed by atoms with E-state index in [9.17, 15) is 0 Å². The normalized spacial score (nSPS) is 15.1. The standard InChI is InChI=1S/C29H26NO.C15H18NSi.Ir/c1-18-15-20(29(3,4)5)13-14-21(18)25-16-26(30-17-19(25)2)24-11-8-10-23-22-9-6-7-12-27(22)31-28(23)24;1-12-5-7-13(8-6-12)15-10-9-14(11-16-15)17(2,3)4;/h6-10,12-17H,1-5H3;5-7,9-11H,1-4H3;/q2*-1;/i1D3,2D3;1D3;. The molecular weight excluding hydrogens is 793 g/mol. The Balaban J connectivity index is 0.000000259. The van der Waals surface area contributed by atoms with E-state index in [4.69, 9.17) is 16.8 Å². The average Bonchev–Trinajstić information content (AvgIpc) is 3.52. The molecule has 0 aliphatic rings. The van der Waals surface area contributed by atoms with Crippen molar-refractivity contribution in [3.05, 3.63) is 138 Å². The molecule has 1 radical (unpaired) electrons. The molecule has 3 heterocycles. The molecule has 0 atom stereocenters. The van der Waals surface area contributed by atoms with Crippen molar-refractivity contribution < 1.29 is 36.9 Å². The van der Waals surface area contributed by atoms with Crippen molar-refractivity contribution in [1.82, 2.24) is 9.97 Å². The minimum atomic E-state index is -2.50. The van der Waals surface area contributed by atoms with Crippen LogP contribution in [0.3, 0.4) is 0 Å². The first-order chi connectivity index (χ1) is 26.4. The van der Waals surface area contributed by atoms with Gasteiger partial charge in [0, 0.05) is 50.2 Å². The minimum absolute atomic E-state index is 0. The molecule has 0 fully saturated rings. The molecule has 251 valence electrons. The number of nitrogens with zero attached hydrogens (tertiary/aromatic N) is 2. The van der Waals surface area contributed by atoms with Crippen LogP contribution in [0.1, 0.15) is 55.4 Å². The van der Waals surface area contributed by atoms with Crippen molar-refractivity contribution in [2.75, 3.05) is 0 Å². The van der Waals surface area contributed by atoms with E-state index in [0.717, 1.165) is 33.2 Å². The third-order valence-corrected chi connectivity index (χ3v) is 10.4. The molecule has 0 saturated heterocycles. The molecule has 3 nitrogen and oxygen atoms in total. The van der Waals surface area contributed by atoms with Crippen molar-refractivity contribution in [2.45, 2.75) is 66.4 Å². The zero-order valence-corrected chi connectivity index (χ0v) is 31.8. The number of fused-ring (bicyclic) bond motifs is 3. The molecule has 0 N–H and O–H groups in total. The summed E-state index contributed by atoms with van der Waals surface area (Å²) < 4.78 is 77.3. The van der Waals surface area contributed by atoms with Gasteiger partial charge in [-0.1, -0.05) is 113 Å². The van der Waals surface area contributed by atoms with Crippen LogP contribution < -0.4 is 5.19 Å². The molecule has 3 aromatic heterocycles. The number of hydrogen-bond acceptors (Lipinski definition) is 3. The Morgan fingerprint density at radius 1 is 0.735 bits per heavy atom. The zero-order valence-electron chi connectivity index (χ0n) is 37.5. The average molecular weight is 846 g/mol. The van der Waals surface area contributed by atoms with Gasteiger partial charge in [0.15, 0.2) is 0 Å². The zero-order chi connectivity index (χ0) is 41.7. The maximum absolute atomic E-state index is 8.23. The third-order valence-electron chi connectivity index (χ3n) is 8.39. The Morgan fingerprint density at radius 2 is 1.53 bits per heavy atom. The van der Waals surface area contributed by atoms with E-state index in [1.165, 1.54) is 17.4 Å². The van der Waals surface area contributed by atoms with Gasteiger partial charge in [0.2, 0.25) is 0 Å². The molecule has 49 heavy (non-hydrogen) atoms. The third kappa shape index (κ3) is 7.86. The van der Waals surface area contributed by atoms with E-state index in [0.29, 0.717) is 33.5 Å². The SMILES string of the molecule is [2H]C([2H])([2H])c1c[c-]c(-c2ccc([Si](C)(C)C)cn2)cc1.[2H]C([2H])([2H])c1cnc(-c2[c-]ccc3c2oc2ccccc23)cc1-c1ccc(C(C)(C)C)cc1C([2H])([2H])[2H].[Ir]. The quantitative estimate of drug-likeness (QED) is 0.131. The first-order valence-electron chi connectivity index (χ1n) is 20.4. The molecule has 7 rings (SSSR count). The van der Waals surface area contributed by atoms with Crippen LogP contribution in [-0.2, 0) is 25.5 Å². The van der Waals surface area contributed by atoms with Gasteiger partial charge in [-0.15, -0.1) is 53.6 Å². The van der Waals surface area contributed by atoms with Crippen molar-refractivity contribution in [1.29, 1.82) is 0 Å². The molecule has 4 aromatic carbocycles. The number of pyridine rings is 2. The van der Waals surface area contributed by atoms with E-state index < -0.39 is 28.6 Å². The van der Waals surface area contributed by atoms with Gasteiger partial charge >= 0.3 is 0 Å². The van der Waals surface area contributed by atoms with Crippen LogP contribution in [0.15, 0.2) is 108 Å². The van der Waals surface area contributed by atoms with E-state index in [1.807, 2.05) is 69.4 Å². The number of rotatable bonds is 4. The van der Waals surface area contributed by atoms with Gasteiger partial charge in [0.1, 0.15) is 5.58 Å². The molecular formula is C44H44IrN2OSi-2. The van der Waals surface area contributed by atoms with Crippen LogP contribution in [0.5, 0.6) is 0 Å². The summed E-state index contributed by atoms with van der Waals surface area (Å²) in [5, 5.41) is 3.15. The van der Waals surface area contributed by atoms with Gasteiger partial charge in [0.05, 0.1) is 13.7 Å². The number of benzene rings is 4. The Bertz CT molecular complexity index is 2490. The summed E-state index contributed by atoms with van der Waals surface area (Å²) in [6.45, 7) is 5.84. The van der Waals surface area contributed by atoms with E-state index in [1.54, 1.807) is 36.4 Å². The molecule has 7 aromatic rings. The molecule has 0 aliphatic carbocycles. The summed E-state index contributed by atoms with van der Waals surface area (Å²) in [5.41, 5.74) is 5.60. The van der Waals surface area contributed by atoms with E-state index in [-0.39, 0.29) is 36.6 Å². The fourth-order valence-electron chi connectivity index (χ4n) is 5.52. The largest absolute Gasteiger partial charge is 0.501 e. The summed E-state index contributed by atoms with van der Waals surface area (Å²) in [7, 11) is -1.34. The summed E-state index contributed by atoms with van der Waals surface area (Å²) >= 11 is 0. The topological polar surface area (TPSA) is 38.9 Å². The number of furan rings is 1. The fraction of sp³-hybridized carbons (Fsp3) is 0.227. The molecule has 0 amide bonds. The van der Waals surface area contributed by atoms with Gasteiger partial charge in [0.25, 0.3) is 0 Å². The van der Waals surface area contributed by atoms with Gasteiger partial charge < -0.3 is 14.4 Å². The first kappa shape index (κ1) is 25.8. The summed E-state index contributed by atoms with van der Waals surface area (Å²) in [6, 6.07) is 33.5. The second-order valence-corrected chi connectivity index (χ2v) is 19.1. The summed E-state index contributed by atoms with van der Waals surface area (Å²) in [4.78, 5) is 8.95. The van der Waals surface area contributed by atoms with Crippen LogP contribution >= 0.6 is 0 Å². The first-order valence-corrected chi connectivity index (χ1v) is 19.4. The molecule has 0 saturated carbocycles. The second kappa shape index (κ2) is 14.4. The van der Waals surface area contributed by atoms with E-state index >= 15 is 0 Å². The maximum atomic E-state index is 8.23. The number of aromatic nitrogens is 2. The smallest absolute Gasteiger partial charge is 0.120 e. The van der Waals surface area contributed by atoms with Crippen molar-refractivity contribution >= 4 is 35.2 Å². The fourth-order valence-corrected chi connectivity index (χ4v) is 6.56.